The highest BCUT2D eigenvalue weighted by atomic mass is 32.1. The third-order valence-corrected chi connectivity index (χ3v) is 4.70. The molecule has 94 valence electrons. The van der Waals surface area contributed by atoms with Gasteiger partial charge in [0.1, 0.15) is 0 Å². The Bertz CT molecular complexity index is 500. The first-order valence-electron chi connectivity index (χ1n) is 6.69. The molecule has 1 aromatic carbocycles. The van der Waals surface area contributed by atoms with E-state index in [4.69, 9.17) is 0 Å². The topological polar surface area (TPSA) is 12.0 Å². The zero-order chi connectivity index (χ0) is 12.4. The Labute approximate surface area is 113 Å². The van der Waals surface area contributed by atoms with Crippen molar-refractivity contribution in [1.29, 1.82) is 0 Å². The fourth-order valence-corrected chi connectivity index (χ4v) is 3.15. The third-order valence-electron chi connectivity index (χ3n) is 3.64. The molecule has 18 heavy (non-hydrogen) atoms. The second-order valence-electron chi connectivity index (χ2n) is 5.09. The molecule has 0 bridgehead atoms. The lowest BCUT2D eigenvalue weighted by atomic mass is 10.0. The number of hydrogen-bond donors (Lipinski definition) is 1. The van der Waals surface area contributed by atoms with Crippen molar-refractivity contribution in [2.24, 2.45) is 0 Å². The van der Waals surface area contributed by atoms with Crippen LogP contribution in [0, 0.1) is 0 Å². The summed E-state index contributed by atoms with van der Waals surface area (Å²) < 4.78 is 0. The molecule has 0 aliphatic heterocycles. The first-order valence-corrected chi connectivity index (χ1v) is 7.57. The average Bonchev–Trinajstić information content (AvgIpc) is 3.10. The van der Waals surface area contributed by atoms with E-state index in [0.29, 0.717) is 6.04 Å². The molecule has 2 heteroatoms. The summed E-state index contributed by atoms with van der Waals surface area (Å²) in [6, 6.07) is 13.6. The highest BCUT2D eigenvalue weighted by molar-refractivity contribution is 7.10. The van der Waals surface area contributed by atoms with Crippen molar-refractivity contribution in [3.05, 3.63) is 57.8 Å². The van der Waals surface area contributed by atoms with Crippen molar-refractivity contribution in [2.75, 3.05) is 0 Å². The van der Waals surface area contributed by atoms with Gasteiger partial charge in [0.25, 0.3) is 0 Å². The number of rotatable bonds is 5. The second kappa shape index (κ2) is 5.25. The first-order chi connectivity index (χ1) is 8.84. The first kappa shape index (κ1) is 11.9. The van der Waals surface area contributed by atoms with Gasteiger partial charge >= 0.3 is 0 Å². The SMILES string of the molecule is CC(NCc1ccccc1C1CC1)c1cccs1. The molecule has 1 aromatic heterocycles. The minimum atomic E-state index is 0.442. The summed E-state index contributed by atoms with van der Waals surface area (Å²) >= 11 is 1.83. The van der Waals surface area contributed by atoms with Gasteiger partial charge in [0, 0.05) is 17.5 Å². The summed E-state index contributed by atoms with van der Waals surface area (Å²) in [5.74, 6) is 0.833. The Balaban J connectivity index is 1.66. The molecule has 0 saturated heterocycles. The van der Waals surface area contributed by atoms with Gasteiger partial charge in [-0.2, -0.15) is 0 Å². The van der Waals surface area contributed by atoms with E-state index in [2.05, 4.69) is 54.0 Å². The van der Waals surface area contributed by atoms with Crippen molar-refractivity contribution in [3.8, 4) is 0 Å². The molecule has 1 unspecified atom stereocenters. The molecule has 0 radical (unpaired) electrons. The van der Waals surface area contributed by atoms with Gasteiger partial charge in [-0.25, -0.2) is 0 Å². The van der Waals surface area contributed by atoms with Crippen LogP contribution in [0.3, 0.4) is 0 Å². The summed E-state index contributed by atoms with van der Waals surface area (Å²) in [6.07, 6.45) is 2.75. The van der Waals surface area contributed by atoms with Crippen LogP contribution in [0.15, 0.2) is 41.8 Å². The van der Waals surface area contributed by atoms with E-state index in [1.165, 1.54) is 23.3 Å². The smallest absolute Gasteiger partial charge is 0.0388 e. The quantitative estimate of drug-likeness (QED) is 0.833. The van der Waals surface area contributed by atoms with Crippen LogP contribution in [-0.2, 0) is 6.54 Å². The summed E-state index contributed by atoms with van der Waals surface area (Å²) in [5.41, 5.74) is 3.03. The molecule has 2 aromatic rings. The predicted octanol–water partition coefficient (Wildman–Crippen LogP) is 4.48. The van der Waals surface area contributed by atoms with Gasteiger partial charge in [0.15, 0.2) is 0 Å². The summed E-state index contributed by atoms with van der Waals surface area (Å²) in [4.78, 5) is 1.42. The van der Waals surface area contributed by atoms with Crippen LogP contribution in [0.1, 0.15) is 47.7 Å². The number of nitrogens with one attached hydrogen (secondary N) is 1. The van der Waals surface area contributed by atoms with Crippen LogP contribution in [-0.4, -0.2) is 0 Å². The van der Waals surface area contributed by atoms with E-state index in [1.54, 1.807) is 5.56 Å². The van der Waals surface area contributed by atoms with Crippen LogP contribution >= 0.6 is 11.3 Å². The lowest BCUT2D eigenvalue weighted by molar-refractivity contribution is 0.580. The van der Waals surface area contributed by atoms with E-state index < -0.39 is 0 Å². The predicted molar refractivity (Wildman–Crippen MR) is 78.0 cm³/mol. The summed E-state index contributed by atoms with van der Waals surface area (Å²) in [5, 5.41) is 5.78. The maximum absolute atomic E-state index is 3.63. The molecule has 0 amide bonds. The minimum absolute atomic E-state index is 0.442. The highest BCUT2D eigenvalue weighted by Gasteiger charge is 2.25. The van der Waals surface area contributed by atoms with Gasteiger partial charge < -0.3 is 5.32 Å². The monoisotopic (exact) mass is 257 g/mol. The molecule has 1 aliphatic rings. The Morgan fingerprint density at radius 3 is 2.78 bits per heavy atom. The van der Waals surface area contributed by atoms with E-state index >= 15 is 0 Å². The lowest BCUT2D eigenvalue weighted by Gasteiger charge is -2.14. The van der Waals surface area contributed by atoms with Gasteiger partial charge in [-0.1, -0.05) is 30.3 Å². The highest BCUT2D eigenvalue weighted by Crippen LogP contribution is 2.41. The molecule has 1 saturated carbocycles. The number of thiophene rings is 1. The molecule has 1 nitrogen and oxygen atoms in total. The number of hydrogen-bond acceptors (Lipinski definition) is 2. The van der Waals surface area contributed by atoms with E-state index in [1.807, 2.05) is 11.3 Å². The van der Waals surface area contributed by atoms with Gasteiger partial charge in [-0.15, -0.1) is 11.3 Å². The molecule has 1 aliphatic carbocycles. The molecule has 1 fully saturated rings. The van der Waals surface area contributed by atoms with E-state index in [9.17, 15) is 0 Å². The van der Waals surface area contributed by atoms with Crippen molar-refractivity contribution in [3.63, 3.8) is 0 Å². The zero-order valence-corrected chi connectivity index (χ0v) is 11.5. The largest absolute Gasteiger partial charge is 0.305 e. The van der Waals surface area contributed by atoms with Crippen LogP contribution in [0.25, 0.3) is 0 Å². The zero-order valence-electron chi connectivity index (χ0n) is 10.7. The molecule has 0 spiro atoms. The molecule has 1 heterocycles. The van der Waals surface area contributed by atoms with Crippen LogP contribution in [0.2, 0.25) is 0 Å². The van der Waals surface area contributed by atoms with Gasteiger partial charge in [0.2, 0.25) is 0 Å². The van der Waals surface area contributed by atoms with Crippen molar-refractivity contribution < 1.29 is 0 Å². The van der Waals surface area contributed by atoms with Gasteiger partial charge in [-0.3, -0.25) is 0 Å². The fourth-order valence-electron chi connectivity index (χ4n) is 2.39. The fraction of sp³-hybridized carbons (Fsp3) is 0.375. The Hall–Kier alpha value is -1.12. The maximum Gasteiger partial charge on any atom is 0.0388 e. The van der Waals surface area contributed by atoms with Crippen LogP contribution in [0.4, 0.5) is 0 Å². The van der Waals surface area contributed by atoms with Crippen LogP contribution < -0.4 is 5.32 Å². The third kappa shape index (κ3) is 2.65. The Morgan fingerprint density at radius 2 is 2.06 bits per heavy atom. The molecule has 3 rings (SSSR count). The molecule has 1 N–H and O–H groups in total. The molecular formula is C16H19NS. The maximum atomic E-state index is 3.63. The van der Waals surface area contributed by atoms with Crippen molar-refractivity contribution in [1.82, 2.24) is 5.32 Å². The second-order valence-corrected chi connectivity index (χ2v) is 6.07. The Kier molecular flexibility index (Phi) is 3.48. The van der Waals surface area contributed by atoms with E-state index in [-0.39, 0.29) is 0 Å². The standard InChI is InChI=1S/C16H19NS/c1-12(16-7-4-10-18-16)17-11-14-5-2-3-6-15(14)13-8-9-13/h2-7,10,12-13,17H,8-9,11H2,1H3. The van der Waals surface area contributed by atoms with E-state index in [0.717, 1.165) is 12.5 Å². The lowest BCUT2D eigenvalue weighted by Crippen LogP contribution is -2.17. The minimum Gasteiger partial charge on any atom is -0.305 e. The summed E-state index contributed by atoms with van der Waals surface area (Å²) in [7, 11) is 0. The average molecular weight is 257 g/mol. The summed E-state index contributed by atoms with van der Waals surface area (Å²) in [6.45, 7) is 3.22. The molecular weight excluding hydrogens is 238 g/mol. The molecule has 1 atom stereocenters. The van der Waals surface area contributed by atoms with Crippen LogP contribution in [0.5, 0.6) is 0 Å². The van der Waals surface area contributed by atoms with Gasteiger partial charge in [-0.05, 0) is 48.3 Å². The normalized spacial score (nSPS) is 16.7. The number of benzene rings is 1. The van der Waals surface area contributed by atoms with Crippen molar-refractivity contribution in [2.45, 2.75) is 38.3 Å². The van der Waals surface area contributed by atoms with Crippen molar-refractivity contribution >= 4 is 11.3 Å². The Morgan fingerprint density at radius 1 is 1.22 bits per heavy atom. The van der Waals surface area contributed by atoms with Gasteiger partial charge in [0.05, 0.1) is 0 Å².